The number of ether oxygens (including phenoxy) is 1. The van der Waals surface area contributed by atoms with Crippen LogP contribution in [-0.2, 0) is 4.74 Å². The minimum atomic E-state index is 0.282. The van der Waals surface area contributed by atoms with Gasteiger partial charge in [0.25, 0.3) is 0 Å². The molecule has 92 valence electrons. The molecular formula is C17H18O. The van der Waals surface area contributed by atoms with Crippen LogP contribution >= 0.6 is 0 Å². The van der Waals surface area contributed by atoms with Gasteiger partial charge in [-0.1, -0.05) is 48.5 Å². The van der Waals surface area contributed by atoms with Gasteiger partial charge in [0.2, 0.25) is 0 Å². The molecule has 18 heavy (non-hydrogen) atoms. The van der Waals surface area contributed by atoms with E-state index in [1.165, 1.54) is 22.3 Å². The predicted octanol–water partition coefficient (Wildman–Crippen LogP) is 4.22. The van der Waals surface area contributed by atoms with Gasteiger partial charge >= 0.3 is 0 Å². The summed E-state index contributed by atoms with van der Waals surface area (Å²) in [5, 5.41) is 0. The van der Waals surface area contributed by atoms with E-state index < -0.39 is 0 Å². The monoisotopic (exact) mass is 238 g/mol. The molecule has 3 rings (SSSR count). The van der Waals surface area contributed by atoms with Crippen molar-refractivity contribution in [2.75, 3.05) is 6.61 Å². The molecule has 1 nitrogen and oxygen atoms in total. The van der Waals surface area contributed by atoms with Gasteiger partial charge in [-0.2, -0.15) is 0 Å². The molecule has 2 aromatic carbocycles. The van der Waals surface area contributed by atoms with Crippen LogP contribution in [0.2, 0.25) is 0 Å². The molecule has 0 saturated carbocycles. The van der Waals surface area contributed by atoms with Gasteiger partial charge in [0, 0.05) is 5.92 Å². The van der Waals surface area contributed by atoms with Crippen LogP contribution in [0, 0.1) is 0 Å². The van der Waals surface area contributed by atoms with Crippen LogP contribution < -0.4 is 0 Å². The van der Waals surface area contributed by atoms with Gasteiger partial charge in [0.05, 0.1) is 12.7 Å². The van der Waals surface area contributed by atoms with E-state index in [9.17, 15) is 0 Å². The molecule has 0 heterocycles. The van der Waals surface area contributed by atoms with Crippen LogP contribution in [0.5, 0.6) is 0 Å². The molecule has 0 N–H and O–H groups in total. The molecule has 0 aromatic heterocycles. The van der Waals surface area contributed by atoms with E-state index in [-0.39, 0.29) is 6.10 Å². The first-order valence-corrected chi connectivity index (χ1v) is 6.57. The molecule has 0 atom stereocenters. The average molecular weight is 238 g/mol. The molecule has 2 aromatic rings. The maximum Gasteiger partial charge on any atom is 0.0579 e. The topological polar surface area (TPSA) is 9.23 Å². The van der Waals surface area contributed by atoms with Crippen molar-refractivity contribution in [3.8, 4) is 11.1 Å². The van der Waals surface area contributed by atoms with Gasteiger partial charge in [0.15, 0.2) is 0 Å². The summed E-state index contributed by atoms with van der Waals surface area (Å²) in [4.78, 5) is 0. The summed E-state index contributed by atoms with van der Waals surface area (Å²) in [6.07, 6.45) is 0.282. The third kappa shape index (κ3) is 1.85. The van der Waals surface area contributed by atoms with E-state index in [0.29, 0.717) is 5.92 Å². The summed E-state index contributed by atoms with van der Waals surface area (Å²) in [5.41, 5.74) is 5.54. The molecule has 0 bridgehead atoms. The maximum atomic E-state index is 5.84. The quantitative estimate of drug-likeness (QED) is 0.777. The zero-order valence-corrected chi connectivity index (χ0v) is 10.9. The second-order valence-electron chi connectivity index (χ2n) is 5.11. The summed E-state index contributed by atoms with van der Waals surface area (Å²) < 4.78 is 5.84. The number of hydrogen-bond acceptors (Lipinski definition) is 1. The average Bonchev–Trinajstić information content (AvgIpc) is 2.71. The Morgan fingerprint density at radius 1 is 0.889 bits per heavy atom. The lowest BCUT2D eigenvalue weighted by molar-refractivity contribution is 0.0740. The van der Waals surface area contributed by atoms with Gasteiger partial charge in [-0.3, -0.25) is 0 Å². The van der Waals surface area contributed by atoms with Gasteiger partial charge in [0.1, 0.15) is 0 Å². The number of hydrogen-bond donors (Lipinski definition) is 0. The molecule has 0 aliphatic heterocycles. The van der Waals surface area contributed by atoms with Crippen LogP contribution in [0.25, 0.3) is 11.1 Å². The molecule has 0 unspecified atom stereocenters. The number of benzene rings is 2. The molecule has 0 spiro atoms. The molecule has 0 radical (unpaired) electrons. The maximum absolute atomic E-state index is 5.84. The number of fused-ring (bicyclic) bond motifs is 3. The second kappa shape index (κ2) is 4.58. The zero-order valence-electron chi connectivity index (χ0n) is 10.9. The Hall–Kier alpha value is -1.60. The first kappa shape index (κ1) is 11.5. The molecule has 1 aliphatic rings. The zero-order chi connectivity index (χ0) is 12.5. The largest absolute Gasteiger partial charge is 0.378 e. The molecular weight excluding hydrogens is 220 g/mol. The van der Waals surface area contributed by atoms with E-state index >= 15 is 0 Å². The Bertz CT molecular complexity index is 512. The standard InChI is InChI=1S/C17H18O/c1-12(2)18-11-17-15-9-5-3-7-13(15)14-8-4-6-10-16(14)17/h3-10,12,17H,11H2,1-2H3. The predicted molar refractivity (Wildman–Crippen MR) is 74.8 cm³/mol. The van der Waals surface area contributed by atoms with Crippen molar-refractivity contribution in [3.63, 3.8) is 0 Å². The van der Waals surface area contributed by atoms with Gasteiger partial charge in [-0.05, 0) is 36.1 Å². The lowest BCUT2D eigenvalue weighted by Crippen LogP contribution is -2.11. The summed E-state index contributed by atoms with van der Waals surface area (Å²) in [5.74, 6) is 0.389. The van der Waals surface area contributed by atoms with Crippen molar-refractivity contribution in [1.82, 2.24) is 0 Å². The smallest absolute Gasteiger partial charge is 0.0579 e. The van der Waals surface area contributed by atoms with E-state index in [0.717, 1.165) is 6.61 Å². The highest BCUT2D eigenvalue weighted by Crippen LogP contribution is 2.44. The highest BCUT2D eigenvalue weighted by atomic mass is 16.5. The van der Waals surface area contributed by atoms with Crippen molar-refractivity contribution < 1.29 is 4.74 Å². The van der Waals surface area contributed by atoms with E-state index in [2.05, 4.69) is 62.4 Å². The third-order valence-electron chi connectivity index (χ3n) is 3.56. The first-order chi connectivity index (χ1) is 8.77. The van der Waals surface area contributed by atoms with Crippen LogP contribution in [0.1, 0.15) is 30.9 Å². The highest BCUT2D eigenvalue weighted by molar-refractivity contribution is 5.78. The first-order valence-electron chi connectivity index (χ1n) is 6.57. The van der Waals surface area contributed by atoms with Crippen molar-refractivity contribution in [2.24, 2.45) is 0 Å². The Morgan fingerprint density at radius 2 is 1.39 bits per heavy atom. The third-order valence-corrected chi connectivity index (χ3v) is 3.56. The van der Waals surface area contributed by atoms with E-state index in [1.807, 2.05) is 0 Å². The Morgan fingerprint density at radius 3 is 1.89 bits per heavy atom. The summed E-state index contributed by atoms with van der Waals surface area (Å²) in [7, 11) is 0. The van der Waals surface area contributed by atoms with Crippen LogP contribution in [0.15, 0.2) is 48.5 Å². The fourth-order valence-corrected chi connectivity index (χ4v) is 2.73. The summed E-state index contributed by atoms with van der Waals surface area (Å²) in [6.45, 7) is 4.95. The van der Waals surface area contributed by atoms with Crippen molar-refractivity contribution in [2.45, 2.75) is 25.9 Å². The highest BCUT2D eigenvalue weighted by Gasteiger charge is 2.27. The number of rotatable bonds is 3. The molecule has 0 amide bonds. The molecule has 1 aliphatic carbocycles. The van der Waals surface area contributed by atoms with Gasteiger partial charge < -0.3 is 4.74 Å². The lowest BCUT2D eigenvalue weighted by Gasteiger charge is -2.15. The fourth-order valence-electron chi connectivity index (χ4n) is 2.73. The fraction of sp³-hybridized carbons (Fsp3) is 0.294. The lowest BCUT2D eigenvalue weighted by atomic mass is 9.98. The van der Waals surface area contributed by atoms with Gasteiger partial charge in [-0.25, -0.2) is 0 Å². The van der Waals surface area contributed by atoms with Crippen LogP contribution in [-0.4, -0.2) is 12.7 Å². The van der Waals surface area contributed by atoms with E-state index in [1.54, 1.807) is 0 Å². The van der Waals surface area contributed by atoms with Crippen molar-refractivity contribution in [1.29, 1.82) is 0 Å². The minimum Gasteiger partial charge on any atom is -0.378 e. The Labute approximate surface area is 108 Å². The molecule has 0 saturated heterocycles. The summed E-state index contributed by atoms with van der Waals surface area (Å²) in [6, 6.07) is 17.3. The minimum absolute atomic E-state index is 0.282. The van der Waals surface area contributed by atoms with Crippen molar-refractivity contribution in [3.05, 3.63) is 59.7 Å². The van der Waals surface area contributed by atoms with E-state index in [4.69, 9.17) is 4.74 Å². The Balaban J connectivity index is 2.03. The Kier molecular flexibility index (Phi) is 2.92. The molecule has 0 fully saturated rings. The van der Waals surface area contributed by atoms with Crippen LogP contribution in [0.4, 0.5) is 0 Å². The van der Waals surface area contributed by atoms with Crippen LogP contribution in [0.3, 0.4) is 0 Å². The molecule has 1 heteroatoms. The van der Waals surface area contributed by atoms with Gasteiger partial charge in [-0.15, -0.1) is 0 Å². The normalized spacial score (nSPS) is 13.7. The van der Waals surface area contributed by atoms with Crippen molar-refractivity contribution >= 4 is 0 Å². The summed E-state index contributed by atoms with van der Waals surface area (Å²) >= 11 is 0. The second-order valence-corrected chi connectivity index (χ2v) is 5.11. The SMILES string of the molecule is CC(C)OCC1c2ccccc2-c2ccccc21.